The first-order valence-corrected chi connectivity index (χ1v) is 3.69. The van der Waals surface area contributed by atoms with Gasteiger partial charge in [0.05, 0.1) is 4.70 Å². The van der Waals surface area contributed by atoms with Crippen LogP contribution in [0.25, 0.3) is 10.3 Å². The third kappa shape index (κ3) is 0.769. The minimum Gasteiger partial charge on any atom is -0.231 e. The molecule has 50 valence electrons. The summed E-state index contributed by atoms with van der Waals surface area (Å²) in [6, 6.07) is 3.95. The molecule has 0 fully saturated rings. The fraction of sp³-hybridized carbons (Fsp3) is 0.167. The van der Waals surface area contributed by atoms with Crippen LogP contribution in [0.2, 0.25) is 0 Å². The molecule has 0 bridgehead atoms. The second kappa shape index (κ2) is 1.98. The SMILES string of the molecule is Cc1ccc2snnc2n1. The molecule has 2 aromatic rings. The van der Waals surface area contributed by atoms with Gasteiger partial charge in [-0.05, 0) is 30.6 Å². The summed E-state index contributed by atoms with van der Waals surface area (Å²) < 4.78 is 4.82. The van der Waals surface area contributed by atoms with E-state index in [9.17, 15) is 0 Å². The van der Waals surface area contributed by atoms with Crippen LogP contribution in [0, 0.1) is 6.92 Å². The van der Waals surface area contributed by atoms with Crippen molar-refractivity contribution in [3.8, 4) is 0 Å². The zero-order valence-electron chi connectivity index (χ0n) is 5.40. The largest absolute Gasteiger partial charge is 0.231 e. The molecular formula is C6H5N3S. The van der Waals surface area contributed by atoms with Gasteiger partial charge >= 0.3 is 0 Å². The highest BCUT2D eigenvalue weighted by atomic mass is 32.1. The molecule has 2 heterocycles. The van der Waals surface area contributed by atoms with Crippen LogP contribution in [-0.4, -0.2) is 14.6 Å². The van der Waals surface area contributed by atoms with Gasteiger partial charge in [0.15, 0.2) is 5.65 Å². The van der Waals surface area contributed by atoms with Crippen molar-refractivity contribution in [1.82, 2.24) is 14.6 Å². The average Bonchev–Trinajstić information content (AvgIpc) is 2.33. The Kier molecular flexibility index (Phi) is 1.14. The Hall–Kier alpha value is -1.03. The van der Waals surface area contributed by atoms with Gasteiger partial charge in [-0.2, -0.15) is 0 Å². The van der Waals surface area contributed by atoms with E-state index in [1.54, 1.807) is 0 Å². The molecule has 0 saturated heterocycles. The quantitative estimate of drug-likeness (QED) is 0.571. The third-order valence-electron chi connectivity index (χ3n) is 1.25. The topological polar surface area (TPSA) is 38.7 Å². The Morgan fingerprint density at radius 3 is 3.20 bits per heavy atom. The zero-order valence-corrected chi connectivity index (χ0v) is 6.22. The Balaban J connectivity index is 2.86. The summed E-state index contributed by atoms with van der Waals surface area (Å²) in [6.45, 7) is 1.94. The van der Waals surface area contributed by atoms with Crippen LogP contribution in [0.3, 0.4) is 0 Å². The maximum absolute atomic E-state index is 4.17. The summed E-state index contributed by atoms with van der Waals surface area (Å²) in [4.78, 5) is 4.17. The summed E-state index contributed by atoms with van der Waals surface area (Å²) >= 11 is 1.37. The molecule has 0 amide bonds. The number of fused-ring (bicyclic) bond motifs is 1. The minimum atomic E-state index is 0.755. The Morgan fingerprint density at radius 2 is 2.30 bits per heavy atom. The fourth-order valence-electron chi connectivity index (χ4n) is 0.776. The predicted molar refractivity (Wildman–Crippen MR) is 39.9 cm³/mol. The van der Waals surface area contributed by atoms with Crippen LogP contribution in [0.5, 0.6) is 0 Å². The van der Waals surface area contributed by atoms with Gasteiger partial charge < -0.3 is 0 Å². The minimum absolute atomic E-state index is 0.755. The molecule has 10 heavy (non-hydrogen) atoms. The second-order valence-electron chi connectivity index (χ2n) is 2.05. The smallest absolute Gasteiger partial charge is 0.194 e. The van der Waals surface area contributed by atoms with E-state index in [0.29, 0.717) is 0 Å². The monoisotopic (exact) mass is 151 g/mol. The van der Waals surface area contributed by atoms with E-state index in [2.05, 4.69) is 14.6 Å². The van der Waals surface area contributed by atoms with Gasteiger partial charge in [-0.25, -0.2) is 4.98 Å². The molecule has 4 heteroatoms. The van der Waals surface area contributed by atoms with Crippen molar-refractivity contribution in [3.63, 3.8) is 0 Å². The molecule has 0 atom stereocenters. The molecule has 0 saturated carbocycles. The van der Waals surface area contributed by atoms with Gasteiger partial charge in [-0.1, -0.05) is 4.49 Å². The highest BCUT2D eigenvalue weighted by Crippen LogP contribution is 2.12. The van der Waals surface area contributed by atoms with Gasteiger partial charge in [0.25, 0.3) is 0 Å². The van der Waals surface area contributed by atoms with Gasteiger partial charge in [-0.3, -0.25) is 0 Å². The molecule has 0 aliphatic heterocycles. The van der Waals surface area contributed by atoms with Gasteiger partial charge in [0.1, 0.15) is 0 Å². The van der Waals surface area contributed by atoms with Crippen molar-refractivity contribution in [3.05, 3.63) is 17.8 Å². The van der Waals surface area contributed by atoms with Crippen molar-refractivity contribution >= 4 is 21.9 Å². The molecule has 2 aromatic heterocycles. The lowest BCUT2D eigenvalue weighted by atomic mass is 10.4. The number of hydrogen-bond acceptors (Lipinski definition) is 4. The third-order valence-corrected chi connectivity index (χ3v) is 1.93. The van der Waals surface area contributed by atoms with Crippen LogP contribution in [-0.2, 0) is 0 Å². The zero-order chi connectivity index (χ0) is 6.97. The number of aromatic nitrogens is 3. The Morgan fingerprint density at radius 1 is 1.40 bits per heavy atom. The van der Waals surface area contributed by atoms with Gasteiger partial charge in [-0.15, -0.1) is 5.10 Å². The second-order valence-corrected chi connectivity index (χ2v) is 2.83. The van der Waals surface area contributed by atoms with E-state index in [1.165, 1.54) is 11.5 Å². The highest BCUT2D eigenvalue weighted by molar-refractivity contribution is 7.12. The number of aryl methyl sites for hydroxylation is 1. The van der Waals surface area contributed by atoms with Gasteiger partial charge in [0.2, 0.25) is 0 Å². The normalized spacial score (nSPS) is 10.5. The molecule has 0 spiro atoms. The average molecular weight is 151 g/mol. The molecule has 0 unspecified atom stereocenters. The molecular weight excluding hydrogens is 146 g/mol. The van der Waals surface area contributed by atoms with E-state index in [-0.39, 0.29) is 0 Å². The lowest BCUT2D eigenvalue weighted by Gasteiger charge is -1.86. The van der Waals surface area contributed by atoms with Crippen LogP contribution >= 0.6 is 11.5 Å². The lowest BCUT2D eigenvalue weighted by molar-refractivity contribution is 1.13. The maximum Gasteiger partial charge on any atom is 0.194 e. The van der Waals surface area contributed by atoms with Crippen molar-refractivity contribution in [2.45, 2.75) is 6.92 Å². The summed E-state index contributed by atoms with van der Waals surface area (Å²) in [5.74, 6) is 0. The number of rotatable bonds is 0. The summed E-state index contributed by atoms with van der Waals surface area (Å²) in [7, 11) is 0. The van der Waals surface area contributed by atoms with E-state index >= 15 is 0 Å². The first kappa shape index (κ1) is 5.73. The lowest BCUT2D eigenvalue weighted by Crippen LogP contribution is -1.79. The molecule has 2 rings (SSSR count). The van der Waals surface area contributed by atoms with Crippen molar-refractivity contribution in [2.24, 2.45) is 0 Å². The standard InChI is InChI=1S/C6H5N3S/c1-4-2-3-5-6(7-4)8-9-10-5/h2-3H,1H3. The van der Waals surface area contributed by atoms with Crippen molar-refractivity contribution < 1.29 is 0 Å². The summed E-state index contributed by atoms with van der Waals surface area (Å²) in [6.07, 6.45) is 0. The van der Waals surface area contributed by atoms with Crippen LogP contribution in [0.15, 0.2) is 12.1 Å². The maximum atomic E-state index is 4.17. The van der Waals surface area contributed by atoms with E-state index in [0.717, 1.165) is 16.0 Å². The fourth-order valence-corrected chi connectivity index (χ4v) is 1.28. The molecule has 0 N–H and O–H groups in total. The summed E-state index contributed by atoms with van der Waals surface area (Å²) in [5.41, 5.74) is 1.74. The number of hydrogen-bond donors (Lipinski definition) is 0. The Bertz CT molecular complexity index is 355. The highest BCUT2D eigenvalue weighted by Gasteiger charge is 1.96. The van der Waals surface area contributed by atoms with Gasteiger partial charge in [0, 0.05) is 5.69 Å². The van der Waals surface area contributed by atoms with Crippen molar-refractivity contribution in [2.75, 3.05) is 0 Å². The van der Waals surface area contributed by atoms with Crippen LogP contribution < -0.4 is 0 Å². The molecule has 3 nitrogen and oxygen atoms in total. The molecule has 0 aliphatic carbocycles. The number of nitrogens with zero attached hydrogens (tertiary/aromatic N) is 3. The van der Waals surface area contributed by atoms with E-state index < -0.39 is 0 Å². The number of pyridine rings is 1. The Labute approximate surface area is 61.9 Å². The molecule has 0 aromatic carbocycles. The molecule has 0 aliphatic rings. The first-order valence-electron chi connectivity index (χ1n) is 2.92. The van der Waals surface area contributed by atoms with E-state index in [1.807, 2.05) is 19.1 Å². The van der Waals surface area contributed by atoms with E-state index in [4.69, 9.17) is 0 Å². The summed E-state index contributed by atoms with van der Waals surface area (Å²) in [5, 5.41) is 3.84. The van der Waals surface area contributed by atoms with Crippen LogP contribution in [0.1, 0.15) is 5.69 Å². The first-order chi connectivity index (χ1) is 4.86. The van der Waals surface area contributed by atoms with Crippen LogP contribution in [0.4, 0.5) is 0 Å². The molecule has 0 radical (unpaired) electrons. The van der Waals surface area contributed by atoms with Crippen molar-refractivity contribution in [1.29, 1.82) is 0 Å². The predicted octanol–water partition coefficient (Wildman–Crippen LogP) is 1.39.